The number of benzene rings is 2. The topological polar surface area (TPSA) is 67.1 Å². The van der Waals surface area contributed by atoms with Crippen molar-refractivity contribution in [3.63, 3.8) is 0 Å². The molecule has 0 bridgehead atoms. The van der Waals surface area contributed by atoms with Gasteiger partial charge in [-0.3, -0.25) is 0 Å². The first-order valence-corrected chi connectivity index (χ1v) is 10.2. The number of hydrogen-bond acceptors (Lipinski definition) is 4. The van der Waals surface area contributed by atoms with E-state index < -0.39 is 0 Å². The Balaban J connectivity index is 0.00000300. The van der Waals surface area contributed by atoms with Crippen molar-refractivity contribution < 1.29 is 0 Å². The summed E-state index contributed by atoms with van der Waals surface area (Å²) in [6.07, 6.45) is 0. The highest BCUT2D eigenvalue weighted by Gasteiger charge is 2.06. The molecule has 29 heavy (non-hydrogen) atoms. The lowest BCUT2D eigenvalue weighted by Crippen LogP contribution is -2.37. The number of nitrogens with zero attached hydrogens (tertiary/aromatic N) is 4. The Labute approximate surface area is 193 Å². The summed E-state index contributed by atoms with van der Waals surface area (Å²) in [7, 11) is 1.96. The van der Waals surface area contributed by atoms with Crippen LogP contribution in [0.3, 0.4) is 0 Å². The van der Waals surface area contributed by atoms with Crippen LogP contribution in [-0.4, -0.2) is 27.3 Å². The Kier molecular flexibility index (Phi) is 9.46. The van der Waals surface area contributed by atoms with Crippen LogP contribution in [0.1, 0.15) is 24.1 Å². The molecule has 1 heterocycles. The molecule has 8 heteroatoms. The molecule has 0 fully saturated rings. The van der Waals surface area contributed by atoms with Gasteiger partial charge in [0.05, 0.1) is 13.1 Å². The van der Waals surface area contributed by atoms with Gasteiger partial charge in [0.2, 0.25) is 0 Å². The van der Waals surface area contributed by atoms with Gasteiger partial charge < -0.3 is 15.2 Å². The molecule has 3 aromatic rings. The average Bonchev–Trinajstić information content (AvgIpc) is 3.04. The summed E-state index contributed by atoms with van der Waals surface area (Å²) in [5.74, 6) is 2.54. The van der Waals surface area contributed by atoms with E-state index in [0.717, 1.165) is 24.2 Å². The zero-order valence-corrected chi connectivity index (χ0v) is 20.1. The van der Waals surface area contributed by atoms with Gasteiger partial charge in [-0.2, -0.15) is 0 Å². The molecule has 0 saturated heterocycles. The van der Waals surface area contributed by atoms with Crippen LogP contribution in [0.15, 0.2) is 69.4 Å². The summed E-state index contributed by atoms with van der Waals surface area (Å²) in [5.41, 5.74) is 1.17. The molecule has 0 radical (unpaired) electrons. The Morgan fingerprint density at radius 2 is 1.69 bits per heavy atom. The van der Waals surface area contributed by atoms with E-state index in [1.807, 2.05) is 24.6 Å². The Bertz CT molecular complexity index is 909. The van der Waals surface area contributed by atoms with Gasteiger partial charge in [-0.1, -0.05) is 42.1 Å². The predicted octanol–water partition coefficient (Wildman–Crippen LogP) is 4.15. The van der Waals surface area contributed by atoms with E-state index in [4.69, 9.17) is 0 Å². The van der Waals surface area contributed by atoms with Crippen LogP contribution in [-0.2, 0) is 20.1 Å². The molecular weight excluding hydrogens is 495 g/mol. The minimum atomic E-state index is 0. The number of aliphatic imine (C=N–C) groups is 1. The van der Waals surface area contributed by atoms with E-state index in [0.29, 0.717) is 13.1 Å². The highest BCUT2D eigenvalue weighted by atomic mass is 127. The molecule has 0 spiro atoms. The molecule has 6 nitrogen and oxygen atoms in total. The Morgan fingerprint density at radius 3 is 2.31 bits per heavy atom. The molecule has 3 rings (SSSR count). The number of hydrogen-bond donors (Lipinski definition) is 2. The smallest absolute Gasteiger partial charge is 0.191 e. The van der Waals surface area contributed by atoms with Crippen LogP contribution in [0.2, 0.25) is 0 Å². The number of aryl methyl sites for hydroxylation is 1. The van der Waals surface area contributed by atoms with Crippen LogP contribution in [0.25, 0.3) is 0 Å². The maximum Gasteiger partial charge on any atom is 0.191 e. The second-order valence-corrected chi connectivity index (χ2v) is 7.48. The molecule has 1 aromatic heterocycles. The third-order valence-corrected chi connectivity index (χ3v) is 5.28. The molecule has 0 saturated carbocycles. The van der Waals surface area contributed by atoms with Crippen molar-refractivity contribution in [3.05, 3.63) is 71.8 Å². The number of aromatic nitrogens is 3. The largest absolute Gasteiger partial charge is 0.357 e. The lowest BCUT2D eigenvalue weighted by Gasteiger charge is -2.11. The van der Waals surface area contributed by atoms with Gasteiger partial charge in [-0.15, -0.1) is 34.2 Å². The number of rotatable bonds is 7. The number of guanidine groups is 1. The first kappa shape index (κ1) is 23.2. The average molecular weight is 522 g/mol. The molecule has 0 amide bonds. The van der Waals surface area contributed by atoms with Crippen LogP contribution in [0.4, 0.5) is 0 Å². The fraction of sp³-hybridized carbons (Fsp3) is 0.286. The fourth-order valence-corrected chi connectivity index (χ4v) is 3.40. The quantitative estimate of drug-likeness (QED) is 0.277. The van der Waals surface area contributed by atoms with Crippen LogP contribution >= 0.6 is 35.7 Å². The lowest BCUT2D eigenvalue weighted by atomic mass is 10.2. The minimum absolute atomic E-state index is 0. The summed E-state index contributed by atoms with van der Waals surface area (Å²) in [6.45, 7) is 5.99. The summed E-state index contributed by atoms with van der Waals surface area (Å²) in [6, 6.07) is 18.9. The summed E-state index contributed by atoms with van der Waals surface area (Å²) < 4.78 is 1.97. The maximum atomic E-state index is 4.68. The minimum Gasteiger partial charge on any atom is -0.357 e. The molecule has 0 aliphatic heterocycles. The second-order valence-electron chi connectivity index (χ2n) is 6.33. The Morgan fingerprint density at radius 1 is 1.00 bits per heavy atom. The van der Waals surface area contributed by atoms with E-state index >= 15 is 0 Å². The molecule has 2 N–H and O–H groups in total. The third kappa shape index (κ3) is 7.04. The first-order chi connectivity index (χ1) is 13.7. The predicted molar refractivity (Wildman–Crippen MR) is 130 cm³/mol. The van der Waals surface area contributed by atoms with E-state index in [-0.39, 0.29) is 24.0 Å². The van der Waals surface area contributed by atoms with E-state index in [1.165, 1.54) is 15.4 Å². The number of nitrogens with one attached hydrogen (secondary N) is 2. The van der Waals surface area contributed by atoms with Gasteiger partial charge in [0, 0.05) is 23.4 Å². The van der Waals surface area contributed by atoms with Crippen molar-refractivity contribution in [1.29, 1.82) is 0 Å². The van der Waals surface area contributed by atoms with Gasteiger partial charge >= 0.3 is 0 Å². The standard InChI is InChI=1S/C21H26N6S.HI/c1-4-22-21(24-15-20-26-25-16(2)27(20)3)23-14-17-10-12-19(13-11-17)28-18-8-6-5-7-9-18;/h5-13H,4,14-15H2,1-3H3,(H2,22,23,24);1H. The SMILES string of the molecule is CCNC(=NCc1ccc(Sc2ccccc2)cc1)NCc1nnc(C)n1C.I. The fourth-order valence-electron chi connectivity index (χ4n) is 2.57. The first-order valence-electron chi connectivity index (χ1n) is 9.34. The molecule has 2 aromatic carbocycles. The third-order valence-electron chi connectivity index (χ3n) is 4.26. The van der Waals surface area contributed by atoms with Gasteiger partial charge in [0.1, 0.15) is 5.82 Å². The number of halogens is 1. The van der Waals surface area contributed by atoms with E-state index in [1.54, 1.807) is 11.8 Å². The van der Waals surface area contributed by atoms with Crippen LogP contribution in [0.5, 0.6) is 0 Å². The van der Waals surface area contributed by atoms with Crippen molar-refractivity contribution >= 4 is 41.7 Å². The van der Waals surface area contributed by atoms with Crippen LogP contribution < -0.4 is 10.6 Å². The van der Waals surface area contributed by atoms with Gasteiger partial charge in [-0.05, 0) is 43.7 Å². The van der Waals surface area contributed by atoms with Gasteiger partial charge in [-0.25, -0.2) is 4.99 Å². The monoisotopic (exact) mass is 522 g/mol. The van der Waals surface area contributed by atoms with Crippen molar-refractivity contribution in [2.45, 2.75) is 36.7 Å². The molecule has 0 atom stereocenters. The molecule has 0 aliphatic carbocycles. The Hall–Kier alpha value is -2.07. The molecule has 0 unspecified atom stereocenters. The van der Waals surface area contributed by atoms with Crippen molar-refractivity contribution in [2.75, 3.05) is 6.54 Å². The van der Waals surface area contributed by atoms with E-state index in [2.05, 4.69) is 81.3 Å². The lowest BCUT2D eigenvalue weighted by molar-refractivity contribution is 0.718. The summed E-state index contributed by atoms with van der Waals surface area (Å²) in [4.78, 5) is 7.14. The zero-order valence-electron chi connectivity index (χ0n) is 16.9. The normalized spacial score (nSPS) is 11.1. The second kappa shape index (κ2) is 11.8. The zero-order chi connectivity index (χ0) is 19.8. The molecule has 0 aliphatic rings. The van der Waals surface area contributed by atoms with Crippen molar-refractivity contribution in [3.8, 4) is 0 Å². The maximum absolute atomic E-state index is 4.68. The van der Waals surface area contributed by atoms with Crippen molar-refractivity contribution in [1.82, 2.24) is 25.4 Å². The summed E-state index contributed by atoms with van der Waals surface area (Å²) in [5, 5.41) is 14.8. The highest BCUT2D eigenvalue weighted by molar-refractivity contribution is 14.0. The summed E-state index contributed by atoms with van der Waals surface area (Å²) >= 11 is 1.76. The molecule has 154 valence electrons. The van der Waals surface area contributed by atoms with Gasteiger partial charge in [0.15, 0.2) is 11.8 Å². The van der Waals surface area contributed by atoms with Crippen molar-refractivity contribution in [2.24, 2.45) is 12.0 Å². The highest BCUT2D eigenvalue weighted by Crippen LogP contribution is 2.27. The van der Waals surface area contributed by atoms with Crippen LogP contribution in [0, 0.1) is 6.92 Å². The van der Waals surface area contributed by atoms with E-state index in [9.17, 15) is 0 Å². The molecular formula is C21H27IN6S. The van der Waals surface area contributed by atoms with Gasteiger partial charge in [0.25, 0.3) is 0 Å².